The van der Waals surface area contributed by atoms with Gasteiger partial charge in [-0.15, -0.1) is 0 Å². The van der Waals surface area contributed by atoms with Crippen molar-refractivity contribution < 1.29 is 13.9 Å². The molecule has 1 aromatic heterocycles. The maximum absolute atomic E-state index is 12.3. The van der Waals surface area contributed by atoms with E-state index in [0.29, 0.717) is 26.0 Å². The van der Waals surface area contributed by atoms with Crippen LogP contribution in [0.5, 0.6) is 5.75 Å². The van der Waals surface area contributed by atoms with E-state index in [9.17, 15) is 9.59 Å². The third kappa shape index (κ3) is 3.46. The average Bonchev–Trinajstić information content (AvgIpc) is 2.60. The molecule has 2 aromatic carbocycles. The molecular formula is C20H17IO4. The number of ketones is 1. The van der Waals surface area contributed by atoms with Gasteiger partial charge < -0.3 is 9.15 Å². The Morgan fingerprint density at radius 3 is 2.40 bits per heavy atom. The van der Waals surface area contributed by atoms with Crippen LogP contribution in [-0.2, 0) is 0 Å². The number of hydrogen-bond donors (Lipinski definition) is 0. The number of carbonyl (C=O) groups is 1. The molecule has 0 fully saturated rings. The molecule has 0 N–H and O–H groups in total. The highest BCUT2D eigenvalue weighted by Gasteiger charge is 2.15. The summed E-state index contributed by atoms with van der Waals surface area (Å²) < 4.78 is 11.8. The van der Waals surface area contributed by atoms with Crippen molar-refractivity contribution in [2.45, 2.75) is 20.8 Å². The molecule has 0 atom stereocenters. The van der Waals surface area contributed by atoms with E-state index in [0.717, 1.165) is 16.5 Å². The molecule has 0 saturated heterocycles. The summed E-state index contributed by atoms with van der Waals surface area (Å²) in [7, 11) is 0. The molecule has 1 heterocycles. The second-order valence-corrected chi connectivity index (χ2v) is 7.05. The Bertz CT molecular complexity index is 1020. The summed E-state index contributed by atoms with van der Waals surface area (Å²) >= 11 is 2.08. The number of fused-ring (bicyclic) bond motifs is 1. The predicted molar refractivity (Wildman–Crippen MR) is 106 cm³/mol. The first-order valence-corrected chi connectivity index (χ1v) is 8.91. The number of rotatable bonds is 4. The minimum absolute atomic E-state index is 0.0698. The number of Topliss-reactive ketones (excluding diaryl/α,β-unsaturated/α-hetero) is 1. The molecule has 5 heteroatoms. The van der Waals surface area contributed by atoms with Crippen molar-refractivity contribution in [3.05, 3.63) is 72.6 Å². The van der Waals surface area contributed by atoms with Gasteiger partial charge in [0.15, 0.2) is 18.0 Å². The first-order chi connectivity index (χ1) is 11.9. The van der Waals surface area contributed by atoms with Crippen molar-refractivity contribution >= 4 is 39.3 Å². The standard InChI is InChI=1S/C20H17IO4/c1-11-4-6-14(7-5-11)16(22)10-24-17-9-8-15-12(2)13(3)20(23)25-19(15)18(17)21/h4-9H,10H2,1-3H3. The number of halogens is 1. The fraction of sp³-hybridized carbons (Fsp3) is 0.200. The van der Waals surface area contributed by atoms with E-state index in [1.54, 1.807) is 25.1 Å². The zero-order valence-corrected chi connectivity index (χ0v) is 16.3. The molecule has 3 rings (SSSR count). The lowest BCUT2D eigenvalue weighted by Crippen LogP contribution is -2.12. The third-order valence-electron chi connectivity index (χ3n) is 4.26. The van der Waals surface area contributed by atoms with Crippen LogP contribution in [0, 0.1) is 24.3 Å². The topological polar surface area (TPSA) is 56.5 Å². The van der Waals surface area contributed by atoms with Crippen LogP contribution in [0.2, 0.25) is 0 Å². The number of aryl methyl sites for hydroxylation is 2. The van der Waals surface area contributed by atoms with E-state index < -0.39 is 0 Å². The first-order valence-electron chi connectivity index (χ1n) is 7.83. The van der Waals surface area contributed by atoms with Crippen LogP contribution in [0.4, 0.5) is 0 Å². The van der Waals surface area contributed by atoms with Gasteiger partial charge in [-0.05, 0) is 61.1 Å². The van der Waals surface area contributed by atoms with Gasteiger partial charge in [-0.25, -0.2) is 4.79 Å². The molecule has 0 unspecified atom stereocenters. The fourth-order valence-corrected chi connectivity index (χ4v) is 3.27. The highest BCUT2D eigenvalue weighted by Crippen LogP contribution is 2.31. The maximum atomic E-state index is 12.3. The van der Waals surface area contributed by atoms with Gasteiger partial charge >= 0.3 is 5.63 Å². The smallest absolute Gasteiger partial charge is 0.339 e. The van der Waals surface area contributed by atoms with E-state index >= 15 is 0 Å². The van der Waals surface area contributed by atoms with Crippen molar-refractivity contribution in [1.82, 2.24) is 0 Å². The van der Waals surface area contributed by atoms with E-state index in [1.807, 2.05) is 32.0 Å². The van der Waals surface area contributed by atoms with Crippen LogP contribution in [0.1, 0.15) is 27.0 Å². The molecule has 0 aliphatic rings. The maximum Gasteiger partial charge on any atom is 0.339 e. The lowest BCUT2D eigenvalue weighted by atomic mass is 10.1. The molecule has 0 aliphatic heterocycles. The SMILES string of the molecule is Cc1ccc(C(=O)COc2ccc3c(C)c(C)c(=O)oc3c2I)cc1. The van der Waals surface area contributed by atoms with Crippen molar-refractivity contribution in [2.75, 3.05) is 6.61 Å². The van der Waals surface area contributed by atoms with Crippen LogP contribution in [0.3, 0.4) is 0 Å². The van der Waals surface area contributed by atoms with Gasteiger partial charge in [-0.1, -0.05) is 29.8 Å². The van der Waals surface area contributed by atoms with Crippen LogP contribution in [0.25, 0.3) is 11.0 Å². The first kappa shape index (κ1) is 17.7. The number of benzene rings is 2. The van der Waals surface area contributed by atoms with E-state index in [4.69, 9.17) is 9.15 Å². The molecule has 4 nitrogen and oxygen atoms in total. The van der Waals surface area contributed by atoms with Crippen molar-refractivity contribution in [2.24, 2.45) is 0 Å². The predicted octanol–water partition coefficient (Wildman–Crippen LogP) is 4.58. The molecule has 128 valence electrons. The number of ether oxygens (including phenoxy) is 1. The molecular weight excluding hydrogens is 431 g/mol. The molecule has 0 spiro atoms. The Balaban J connectivity index is 1.88. The van der Waals surface area contributed by atoms with Crippen LogP contribution in [0.15, 0.2) is 45.6 Å². The zero-order chi connectivity index (χ0) is 18.1. The minimum atomic E-state index is -0.351. The Morgan fingerprint density at radius 2 is 1.72 bits per heavy atom. The molecule has 3 aromatic rings. The second kappa shape index (κ2) is 7.00. The molecule has 0 saturated carbocycles. The van der Waals surface area contributed by atoms with E-state index in [1.165, 1.54) is 0 Å². The summed E-state index contributed by atoms with van der Waals surface area (Å²) in [5, 5.41) is 0.874. The quantitative estimate of drug-likeness (QED) is 0.333. The van der Waals surface area contributed by atoms with Gasteiger partial charge in [-0.3, -0.25) is 4.79 Å². The minimum Gasteiger partial charge on any atom is -0.484 e. The third-order valence-corrected chi connectivity index (χ3v) is 5.28. The Morgan fingerprint density at radius 1 is 1.04 bits per heavy atom. The molecule has 25 heavy (non-hydrogen) atoms. The molecule has 0 amide bonds. The van der Waals surface area contributed by atoms with Crippen molar-refractivity contribution in [1.29, 1.82) is 0 Å². The molecule has 0 radical (unpaired) electrons. The van der Waals surface area contributed by atoms with Gasteiger partial charge in [0, 0.05) is 16.5 Å². The number of hydrogen-bond acceptors (Lipinski definition) is 4. The van der Waals surface area contributed by atoms with Crippen LogP contribution < -0.4 is 10.4 Å². The van der Waals surface area contributed by atoms with Gasteiger partial charge in [0.2, 0.25) is 0 Å². The Hall–Kier alpha value is -2.15. The summed E-state index contributed by atoms with van der Waals surface area (Å²) in [6.07, 6.45) is 0. The molecule has 0 bridgehead atoms. The van der Waals surface area contributed by atoms with Gasteiger partial charge in [0.1, 0.15) is 5.75 Å². The van der Waals surface area contributed by atoms with Crippen molar-refractivity contribution in [3.8, 4) is 5.75 Å². The zero-order valence-electron chi connectivity index (χ0n) is 14.2. The summed E-state index contributed by atoms with van der Waals surface area (Å²) in [5.74, 6) is 0.428. The molecule has 0 aliphatic carbocycles. The Labute approximate surface area is 158 Å². The highest BCUT2D eigenvalue weighted by atomic mass is 127. The summed E-state index contributed by atoms with van der Waals surface area (Å²) in [6, 6.07) is 11.0. The van der Waals surface area contributed by atoms with E-state index in [2.05, 4.69) is 22.6 Å². The van der Waals surface area contributed by atoms with Crippen LogP contribution >= 0.6 is 22.6 Å². The highest BCUT2D eigenvalue weighted by molar-refractivity contribution is 14.1. The van der Waals surface area contributed by atoms with Gasteiger partial charge in [0.05, 0.1) is 3.57 Å². The lowest BCUT2D eigenvalue weighted by molar-refractivity contribution is 0.0921. The van der Waals surface area contributed by atoms with Crippen molar-refractivity contribution in [3.63, 3.8) is 0 Å². The summed E-state index contributed by atoms with van der Waals surface area (Å²) in [4.78, 5) is 24.2. The van der Waals surface area contributed by atoms with Crippen LogP contribution in [-0.4, -0.2) is 12.4 Å². The Kier molecular flexibility index (Phi) is 4.94. The monoisotopic (exact) mass is 448 g/mol. The van der Waals surface area contributed by atoms with Gasteiger partial charge in [-0.2, -0.15) is 0 Å². The van der Waals surface area contributed by atoms with E-state index in [-0.39, 0.29) is 18.0 Å². The fourth-order valence-electron chi connectivity index (χ4n) is 2.53. The summed E-state index contributed by atoms with van der Waals surface area (Å²) in [6.45, 7) is 5.55. The second-order valence-electron chi connectivity index (χ2n) is 5.97. The summed E-state index contributed by atoms with van der Waals surface area (Å²) in [5.41, 5.74) is 3.35. The average molecular weight is 448 g/mol. The lowest BCUT2D eigenvalue weighted by Gasteiger charge is -2.11. The normalized spacial score (nSPS) is 10.9. The largest absolute Gasteiger partial charge is 0.484 e. The number of carbonyl (C=O) groups excluding carboxylic acids is 1. The van der Waals surface area contributed by atoms with Gasteiger partial charge in [0.25, 0.3) is 0 Å².